The lowest BCUT2D eigenvalue weighted by atomic mass is 9.91. The molecule has 1 fully saturated rings. The summed E-state index contributed by atoms with van der Waals surface area (Å²) >= 11 is 0. The largest absolute Gasteiger partial charge is 0.445 e. The number of hydrogen-bond donors (Lipinski definition) is 1. The van der Waals surface area contributed by atoms with Crippen LogP contribution in [0.2, 0.25) is 0 Å². The molecule has 0 aliphatic carbocycles. The number of amides is 1. The molecular weight excluding hydrogens is 270 g/mol. The number of benzene rings is 1. The van der Waals surface area contributed by atoms with E-state index in [1.807, 2.05) is 30.3 Å². The number of rotatable bonds is 5. The molecule has 21 heavy (non-hydrogen) atoms. The average molecular weight is 293 g/mol. The molecule has 0 saturated carbocycles. The van der Waals surface area contributed by atoms with Crippen molar-refractivity contribution in [3.63, 3.8) is 0 Å². The number of carbonyl (C=O) groups excluding carboxylic acids is 1. The average Bonchev–Trinajstić information content (AvgIpc) is 2.54. The summed E-state index contributed by atoms with van der Waals surface area (Å²) in [6.45, 7) is 1.61. The molecule has 2 rings (SSSR count). The lowest BCUT2D eigenvalue weighted by Crippen LogP contribution is -2.47. The van der Waals surface area contributed by atoms with E-state index in [-0.39, 0.29) is 25.4 Å². The lowest BCUT2D eigenvalue weighted by Gasteiger charge is -2.37. The molecule has 0 radical (unpaired) electrons. The van der Waals surface area contributed by atoms with Crippen molar-refractivity contribution < 1.29 is 19.4 Å². The van der Waals surface area contributed by atoms with E-state index < -0.39 is 0 Å². The van der Waals surface area contributed by atoms with Crippen LogP contribution >= 0.6 is 0 Å². The molecule has 0 bridgehead atoms. The number of carbonyl (C=O) groups is 1. The van der Waals surface area contributed by atoms with Crippen LogP contribution in [0.25, 0.3) is 0 Å². The van der Waals surface area contributed by atoms with E-state index in [9.17, 15) is 4.79 Å². The van der Waals surface area contributed by atoms with Gasteiger partial charge in [-0.05, 0) is 24.3 Å². The molecule has 1 heterocycles. The third-order valence-corrected chi connectivity index (χ3v) is 3.96. The second-order valence-corrected chi connectivity index (χ2v) is 5.32. The van der Waals surface area contributed by atoms with Crippen molar-refractivity contribution in [1.29, 1.82) is 0 Å². The number of methoxy groups -OCH3 is 1. The predicted octanol–water partition coefficient (Wildman–Crippen LogP) is 2.04. The van der Waals surface area contributed by atoms with E-state index in [1.54, 1.807) is 12.0 Å². The van der Waals surface area contributed by atoms with Crippen molar-refractivity contribution in [1.82, 2.24) is 4.90 Å². The normalized spacial score (nSPS) is 22.1. The summed E-state index contributed by atoms with van der Waals surface area (Å²) in [6, 6.07) is 9.63. The molecule has 1 N–H and O–H groups in total. The molecule has 1 amide bonds. The highest BCUT2D eigenvalue weighted by Crippen LogP contribution is 2.23. The molecule has 1 aliphatic heterocycles. The zero-order chi connectivity index (χ0) is 15.1. The van der Waals surface area contributed by atoms with Crippen LogP contribution in [0, 0.1) is 5.92 Å². The predicted molar refractivity (Wildman–Crippen MR) is 78.8 cm³/mol. The van der Waals surface area contributed by atoms with Crippen LogP contribution in [0.4, 0.5) is 4.79 Å². The molecule has 2 atom stereocenters. The molecule has 0 spiro atoms. The van der Waals surface area contributed by atoms with Crippen molar-refractivity contribution in [3.05, 3.63) is 35.9 Å². The summed E-state index contributed by atoms with van der Waals surface area (Å²) < 4.78 is 10.8. The van der Waals surface area contributed by atoms with E-state index in [0.29, 0.717) is 25.4 Å². The number of likely N-dealkylation sites (tertiary alicyclic amines) is 1. The second-order valence-electron chi connectivity index (χ2n) is 5.32. The summed E-state index contributed by atoms with van der Waals surface area (Å²) in [6.07, 6.45) is 1.21. The van der Waals surface area contributed by atoms with E-state index in [0.717, 1.165) is 12.0 Å². The van der Waals surface area contributed by atoms with Crippen molar-refractivity contribution in [2.45, 2.75) is 25.6 Å². The number of piperidine rings is 1. The molecule has 2 unspecified atom stereocenters. The monoisotopic (exact) mass is 293 g/mol. The molecule has 1 aromatic rings. The minimum Gasteiger partial charge on any atom is -0.445 e. The summed E-state index contributed by atoms with van der Waals surface area (Å²) in [5.74, 6) is 0.304. The van der Waals surface area contributed by atoms with E-state index in [1.165, 1.54) is 0 Å². The molecule has 1 aromatic carbocycles. The van der Waals surface area contributed by atoms with Gasteiger partial charge in [0.1, 0.15) is 6.61 Å². The van der Waals surface area contributed by atoms with Gasteiger partial charge in [-0.1, -0.05) is 30.3 Å². The minimum atomic E-state index is -0.302. The first-order chi connectivity index (χ1) is 10.2. The zero-order valence-corrected chi connectivity index (χ0v) is 12.4. The topological polar surface area (TPSA) is 59.0 Å². The van der Waals surface area contributed by atoms with Crippen LogP contribution in [-0.4, -0.2) is 49.0 Å². The Bertz CT molecular complexity index is 437. The number of aliphatic hydroxyl groups is 1. The third-order valence-electron chi connectivity index (χ3n) is 3.96. The SMILES string of the molecule is COC1CN(C(=O)OCc2ccccc2)CCC1CCO. The quantitative estimate of drug-likeness (QED) is 0.902. The van der Waals surface area contributed by atoms with Crippen molar-refractivity contribution in [3.8, 4) is 0 Å². The molecule has 116 valence electrons. The Morgan fingerprint density at radius 1 is 1.38 bits per heavy atom. The number of aliphatic hydroxyl groups excluding tert-OH is 1. The molecule has 1 saturated heterocycles. The minimum absolute atomic E-state index is 0.0322. The number of hydrogen-bond acceptors (Lipinski definition) is 4. The fourth-order valence-electron chi connectivity index (χ4n) is 2.70. The maximum absolute atomic E-state index is 12.1. The summed E-state index contributed by atoms with van der Waals surface area (Å²) in [7, 11) is 1.65. The van der Waals surface area contributed by atoms with Crippen molar-refractivity contribution in [2.24, 2.45) is 5.92 Å². The fourth-order valence-corrected chi connectivity index (χ4v) is 2.70. The van der Waals surface area contributed by atoms with E-state index in [4.69, 9.17) is 14.6 Å². The summed E-state index contributed by atoms with van der Waals surface area (Å²) in [4.78, 5) is 13.8. The van der Waals surface area contributed by atoms with Gasteiger partial charge in [0.15, 0.2) is 0 Å². The smallest absolute Gasteiger partial charge is 0.410 e. The third kappa shape index (κ3) is 4.44. The van der Waals surface area contributed by atoms with Crippen LogP contribution in [0.5, 0.6) is 0 Å². The van der Waals surface area contributed by atoms with Crippen molar-refractivity contribution in [2.75, 3.05) is 26.8 Å². The second kappa shape index (κ2) is 8.00. The summed E-state index contributed by atoms with van der Waals surface area (Å²) in [5, 5.41) is 9.06. The van der Waals surface area contributed by atoms with E-state index >= 15 is 0 Å². The van der Waals surface area contributed by atoms with Gasteiger partial charge in [-0.2, -0.15) is 0 Å². The van der Waals surface area contributed by atoms with Gasteiger partial charge in [-0.3, -0.25) is 0 Å². The maximum atomic E-state index is 12.1. The van der Waals surface area contributed by atoms with Crippen LogP contribution in [0.1, 0.15) is 18.4 Å². The van der Waals surface area contributed by atoms with Crippen molar-refractivity contribution >= 4 is 6.09 Å². The molecule has 5 heteroatoms. The fraction of sp³-hybridized carbons (Fsp3) is 0.562. The Labute approximate surface area is 125 Å². The van der Waals surface area contributed by atoms with Gasteiger partial charge in [0, 0.05) is 20.3 Å². The van der Waals surface area contributed by atoms with Crippen LogP contribution < -0.4 is 0 Å². The first kappa shape index (κ1) is 15.8. The van der Waals surface area contributed by atoms with Crippen LogP contribution in [-0.2, 0) is 16.1 Å². The zero-order valence-electron chi connectivity index (χ0n) is 12.4. The molecule has 1 aliphatic rings. The Morgan fingerprint density at radius 2 is 2.14 bits per heavy atom. The standard InChI is InChI=1S/C16H23NO4/c1-20-15-11-17(9-7-14(15)8-10-18)16(19)21-12-13-5-3-2-4-6-13/h2-6,14-15,18H,7-12H2,1H3. The Morgan fingerprint density at radius 3 is 2.81 bits per heavy atom. The number of nitrogens with zero attached hydrogens (tertiary/aromatic N) is 1. The van der Waals surface area contributed by atoms with Gasteiger partial charge >= 0.3 is 6.09 Å². The van der Waals surface area contributed by atoms with E-state index in [2.05, 4.69) is 0 Å². The van der Waals surface area contributed by atoms with Gasteiger partial charge in [0.25, 0.3) is 0 Å². The number of ether oxygens (including phenoxy) is 2. The Hall–Kier alpha value is -1.59. The molecule has 0 aromatic heterocycles. The van der Waals surface area contributed by atoms with Gasteiger partial charge < -0.3 is 19.5 Å². The Balaban J connectivity index is 1.83. The van der Waals surface area contributed by atoms with Gasteiger partial charge in [-0.15, -0.1) is 0 Å². The molecular formula is C16H23NO4. The highest BCUT2D eigenvalue weighted by molar-refractivity contribution is 5.67. The first-order valence-electron chi connectivity index (χ1n) is 7.34. The highest BCUT2D eigenvalue weighted by atomic mass is 16.6. The first-order valence-corrected chi connectivity index (χ1v) is 7.34. The van der Waals surface area contributed by atoms with Gasteiger partial charge in [-0.25, -0.2) is 4.79 Å². The Kier molecular flexibility index (Phi) is 6.02. The van der Waals surface area contributed by atoms with Gasteiger partial charge in [0.05, 0.1) is 12.6 Å². The van der Waals surface area contributed by atoms with Crippen LogP contribution in [0.15, 0.2) is 30.3 Å². The summed E-state index contributed by atoms with van der Waals surface area (Å²) in [5.41, 5.74) is 0.976. The van der Waals surface area contributed by atoms with Crippen LogP contribution in [0.3, 0.4) is 0 Å². The highest BCUT2D eigenvalue weighted by Gasteiger charge is 2.31. The van der Waals surface area contributed by atoms with Gasteiger partial charge in [0.2, 0.25) is 0 Å². The molecule has 5 nitrogen and oxygen atoms in total. The lowest BCUT2D eigenvalue weighted by molar-refractivity contribution is -0.0194. The maximum Gasteiger partial charge on any atom is 0.410 e.